The average Bonchev–Trinajstić information content (AvgIpc) is 2.88. The van der Waals surface area contributed by atoms with Crippen molar-refractivity contribution in [1.82, 2.24) is 4.98 Å². The lowest BCUT2D eigenvalue weighted by atomic mass is 10.3. The van der Waals surface area contributed by atoms with Gasteiger partial charge in [0.05, 0.1) is 24.4 Å². The smallest absolute Gasteiger partial charge is 0.325 e. The Bertz CT molecular complexity index is 675. The van der Waals surface area contributed by atoms with Crippen LogP contribution >= 0.6 is 27.3 Å². The zero-order valence-electron chi connectivity index (χ0n) is 11.8. The summed E-state index contributed by atoms with van der Waals surface area (Å²) in [5.74, 6) is -0.336. The highest BCUT2D eigenvalue weighted by Gasteiger charge is 2.11. The van der Waals surface area contributed by atoms with E-state index >= 15 is 0 Å². The van der Waals surface area contributed by atoms with Gasteiger partial charge < -0.3 is 10.1 Å². The fraction of sp³-hybridized carbons (Fsp3) is 0.214. The van der Waals surface area contributed by atoms with Gasteiger partial charge in [0.25, 0.3) is 0 Å². The van der Waals surface area contributed by atoms with Gasteiger partial charge in [-0.15, -0.1) is 11.3 Å². The van der Waals surface area contributed by atoms with Gasteiger partial charge >= 0.3 is 12.0 Å². The zero-order chi connectivity index (χ0) is 15.9. The molecule has 1 aromatic heterocycles. The van der Waals surface area contributed by atoms with E-state index in [1.165, 1.54) is 11.3 Å². The van der Waals surface area contributed by atoms with Crippen LogP contribution in [0.15, 0.2) is 34.1 Å². The maximum atomic E-state index is 11.9. The van der Waals surface area contributed by atoms with E-state index in [9.17, 15) is 9.59 Å². The molecule has 0 aliphatic carbocycles. The Balaban J connectivity index is 1.91. The second kappa shape index (κ2) is 7.90. The van der Waals surface area contributed by atoms with Gasteiger partial charge in [-0.2, -0.15) is 0 Å². The number of carbonyl (C=O) groups is 2. The molecule has 2 N–H and O–H groups in total. The molecule has 0 fully saturated rings. The van der Waals surface area contributed by atoms with Crippen LogP contribution in [0.5, 0.6) is 0 Å². The third-order valence-electron chi connectivity index (χ3n) is 2.53. The molecule has 2 aromatic rings. The minimum absolute atomic E-state index is 0.0951. The molecule has 8 heteroatoms. The lowest BCUT2D eigenvalue weighted by Crippen LogP contribution is -2.19. The molecule has 1 aromatic carbocycles. The maximum Gasteiger partial charge on any atom is 0.325 e. The van der Waals surface area contributed by atoms with Crippen molar-refractivity contribution in [2.75, 3.05) is 17.2 Å². The van der Waals surface area contributed by atoms with Crippen molar-refractivity contribution in [3.63, 3.8) is 0 Å². The topological polar surface area (TPSA) is 80.3 Å². The summed E-state index contributed by atoms with van der Waals surface area (Å²) in [4.78, 5) is 27.4. The average molecular weight is 384 g/mol. The number of esters is 1. The fourth-order valence-corrected chi connectivity index (χ4v) is 2.71. The van der Waals surface area contributed by atoms with Crippen LogP contribution in [-0.2, 0) is 16.0 Å². The number of benzene rings is 1. The first-order valence-corrected chi connectivity index (χ1v) is 8.18. The highest BCUT2D eigenvalue weighted by molar-refractivity contribution is 9.10. The van der Waals surface area contributed by atoms with Gasteiger partial charge in [-0.3, -0.25) is 10.1 Å². The summed E-state index contributed by atoms with van der Waals surface area (Å²) in [6.45, 7) is 2.08. The number of nitrogens with zero attached hydrogens (tertiary/aromatic N) is 1. The first-order valence-electron chi connectivity index (χ1n) is 6.51. The van der Waals surface area contributed by atoms with Crippen molar-refractivity contribution < 1.29 is 14.3 Å². The monoisotopic (exact) mass is 383 g/mol. The van der Waals surface area contributed by atoms with E-state index in [-0.39, 0.29) is 12.4 Å². The number of ether oxygens (including phenoxy) is 1. The summed E-state index contributed by atoms with van der Waals surface area (Å²) in [5.41, 5.74) is 1.22. The Morgan fingerprint density at radius 2 is 2.09 bits per heavy atom. The van der Waals surface area contributed by atoms with Gasteiger partial charge in [0.1, 0.15) is 0 Å². The molecule has 0 unspecified atom stereocenters. The molecule has 0 aliphatic heterocycles. The number of carbonyl (C=O) groups excluding carboxylic acids is 2. The van der Waals surface area contributed by atoms with Crippen LogP contribution in [0.1, 0.15) is 12.6 Å². The maximum absolute atomic E-state index is 11.9. The Hall–Kier alpha value is -1.93. The summed E-state index contributed by atoms with van der Waals surface area (Å²) in [5, 5.41) is 7.47. The van der Waals surface area contributed by atoms with Crippen LogP contribution in [0.4, 0.5) is 15.6 Å². The molecule has 0 radical (unpaired) electrons. The molecule has 22 heavy (non-hydrogen) atoms. The van der Waals surface area contributed by atoms with Crippen LogP contribution in [0.2, 0.25) is 0 Å². The normalized spacial score (nSPS) is 10.1. The molecule has 0 bridgehead atoms. The summed E-state index contributed by atoms with van der Waals surface area (Å²) >= 11 is 4.60. The van der Waals surface area contributed by atoms with Crippen molar-refractivity contribution in [3.8, 4) is 0 Å². The van der Waals surface area contributed by atoms with Gasteiger partial charge in [0.15, 0.2) is 5.13 Å². The summed E-state index contributed by atoms with van der Waals surface area (Å²) in [6, 6.07) is 6.88. The van der Waals surface area contributed by atoms with E-state index in [1.807, 2.05) is 18.2 Å². The lowest BCUT2D eigenvalue weighted by molar-refractivity contribution is -0.142. The molecule has 0 spiro atoms. The second-order valence-electron chi connectivity index (χ2n) is 4.18. The number of urea groups is 1. The second-order valence-corrected chi connectivity index (χ2v) is 5.90. The first-order chi connectivity index (χ1) is 10.6. The Kier molecular flexibility index (Phi) is 5.91. The van der Waals surface area contributed by atoms with Crippen molar-refractivity contribution in [2.24, 2.45) is 0 Å². The van der Waals surface area contributed by atoms with Crippen molar-refractivity contribution in [2.45, 2.75) is 13.3 Å². The third kappa shape index (κ3) is 4.81. The molecule has 2 rings (SSSR count). The Labute approximate surface area is 140 Å². The Morgan fingerprint density at radius 1 is 1.32 bits per heavy atom. The molecular weight excluding hydrogens is 370 g/mol. The van der Waals surface area contributed by atoms with E-state index < -0.39 is 6.03 Å². The number of amides is 2. The fourth-order valence-electron chi connectivity index (χ4n) is 1.62. The molecular formula is C14H14BrN3O3S. The highest BCUT2D eigenvalue weighted by atomic mass is 79.9. The minimum Gasteiger partial charge on any atom is -0.466 e. The number of anilines is 2. The van der Waals surface area contributed by atoms with Crippen LogP contribution in [0.3, 0.4) is 0 Å². The van der Waals surface area contributed by atoms with Crippen molar-refractivity contribution in [3.05, 3.63) is 39.8 Å². The number of aromatic nitrogens is 1. The number of hydrogen-bond acceptors (Lipinski definition) is 5. The third-order valence-corrected chi connectivity index (χ3v) is 4.02. The first kappa shape index (κ1) is 16.4. The van der Waals surface area contributed by atoms with Crippen molar-refractivity contribution in [1.29, 1.82) is 0 Å². The van der Waals surface area contributed by atoms with Crippen molar-refractivity contribution >= 4 is 50.1 Å². The summed E-state index contributed by atoms with van der Waals surface area (Å²) in [7, 11) is 0. The molecule has 0 aliphatic rings. The molecule has 0 saturated heterocycles. The largest absolute Gasteiger partial charge is 0.466 e. The Morgan fingerprint density at radius 3 is 2.82 bits per heavy atom. The number of rotatable bonds is 5. The van der Waals surface area contributed by atoms with Crippen LogP contribution in [0, 0.1) is 0 Å². The van der Waals surface area contributed by atoms with Crippen LogP contribution in [0.25, 0.3) is 0 Å². The molecule has 1 heterocycles. The molecule has 2 amide bonds. The number of hydrogen-bond donors (Lipinski definition) is 2. The van der Waals surface area contributed by atoms with E-state index in [4.69, 9.17) is 4.74 Å². The number of para-hydroxylation sites is 1. The van der Waals surface area contributed by atoms with E-state index in [1.54, 1.807) is 18.4 Å². The minimum atomic E-state index is -0.399. The molecule has 116 valence electrons. The van der Waals surface area contributed by atoms with E-state index in [2.05, 4.69) is 31.5 Å². The van der Waals surface area contributed by atoms with Gasteiger partial charge in [0.2, 0.25) is 0 Å². The van der Waals surface area contributed by atoms with Gasteiger partial charge in [-0.25, -0.2) is 9.78 Å². The standard InChI is InChI=1S/C14H14BrN3O3S/c1-2-21-12(19)7-9-8-22-14(16-9)18-13(20)17-11-6-4-3-5-10(11)15/h3-6,8H,2,7H2,1H3,(H2,16,17,18,20). The summed E-state index contributed by atoms with van der Waals surface area (Å²) < 4.78 is 5.63. The van der Waals surface area contributed by atoms with Gasteiger partial charge in [-0.1, -0.05) is 12.1 Å². The lowest BCUT2D eigenvalue weighted by Gasteiger charge is -2.06. The molecule has 0 saturated carbocycles. The summed E-state index contributed by atoms with van der Waals surface area (Å²) in [6.07, 6.45) is 0.0951. The quantitative estimate of drug-likeness (QED) is 0.772. The predicted octanol–water partition coefficient (Wildman–Crippen LogP) is 3.66. The highest BCUT2D eigenvalue weighted by Crippen LogP contribution is 2.22. The van der Waals surface area contributed by atoms with Crippen LogP contribution < -0.4 is 10.6 Å². The van der Waals surface area contributed by atoms with Crippen LogP contribution in [-0.4, -0.2) is 23.6 Å². The number of thiazole rings is 1. The van der Waals surface area contributed by atoms with Gasteiger partial charge in [0, 0.05) is 9.85 Å². The van der Waals surface area contributed by atoms with E-state index in [0.29, 0.717) is 23.1 Å². The predicted molar refractivity (Wildman–Crippen MR) is 89.2 cm³/mol. The molecule has 0 atom stereocenters. The molecule has 6 nitrogen and oxygen atoms in total. The zero-order valence-corrected chi connectivity index (χ0v) is 14.2. The SMILES string of the molecule is CCOC(=O)Cc1csc(NC(=O)Nc2ccccc2Br)n1. The van der Waals surface area contributed by atoms with E-state index in [0.717, 1.165) is 4.47 Å². The number of nitrogens with one attached hydrogen (secondary N) is 2. The van der Waals surface area contributed by atoms with Gasteiger partial charge in [-0.05, 0) is 35.0 Å². The number of halogens is 1.